The lowest BCUT2D eigenvalue weighted by Gasteiger charge is -2.28. The van der Waals surface area contributed by atoms with Crippen LogP contribution in [0.2, 0.25) is 0 Å². The highest BCUT2D eigenvalue weighted by Gasteiger charge is 2.37. The number of hydrogen-bond acceptors (Lipinski definition) is 7. The van der Waals surface area contributed by atoms with Gasteiger partial charge in [0.2, 0.25) is 0 Å². The number of nitrogens with zero attached hydrogens (tertiary/aromatic N) is 4. The molecule has 0 aliphatic carbocycles. The fraction of sp³-hybridized carbons (Fsp3) is 0.519. The van der Waals surface area contributed by atoms with Gasteiger partial charge < -0.3 is 30.1 Å². The van der Waals surface area contributed by atoms with E-state index in [1.54, 1.807) is 46.4 Å². The number of oxime groups is 1. The molecule has 1 unspecified atom stereocenters. The zero-order valence-corrected chi connectivity index (χ0v) is 23.2. The first-order chi connectivity index (χ1) is 17.7. The maximum atomic E-state index is 13.7. The number of aromatic nitrogens is 2. The van der Waals surface area contributed by atoms with Crippen LogP contribution >= 0.6 is 0 Å². The SMILES string of the molecule is C/C(N)=N/OC(=O)C(NC(=O)c1nc(-c2ccccc2)n2c1CN(C(=O)OC(C)(C)C)CCC2)C(C)(C)C. The maximum Gasteiger partial charge on any atom is 0.410 e. The monoisotopic (exact) mass is 526 g/mol. The first kappa shape index (κ1) is 28.7. The second kappa shape index (κ2) is 11.2. The predicted molar refractivity (Wildman–Crippen MR) is 143 cm³/mol. The van der Waals surface area contributed by atoms with E-state index >= 15 is 0 Å². The van der Waals surface area contributed by atoms with E-state index in [2.05, 4.69) is 10.5 Å². The van der Waals surface area contributed by atoms with E-state index in [1.807, 2.05) is 34.9 Å². The second-order valence-corrected chi connectivity index (χ2v) is 11.4. The molecule has 0 saturated carbocycles. The summed E-state index contributed by atoms with van der Waals surface area (Å²) in [6, 6.07) is 8.48. The van der Waals surface area contributed by atoms with Crippen LogP contribution in [-0.2, 0) is 27.5 Å². The van der Waals surface area contributed by atoms with Gasteiger partial charge in [0, 0.05) is 18.7 Å². The van der Waals surface area contributed by atoms with Gasteiger partial charge in [-0.05, 0) is 39.5 Å². The number of nitrogens with two attached hydrogens (primary N) is 1. The molecule has 0 fully saturated rings. The van der Waals surface area contributed by atoms with Crippen LogP contribution in [0.25, 0.3) is 11.4 Å². The first-order valence-corrected chi connectivity index (χ1v) is 12.6. The Bertz CT molecular complexity index is 1200. The van der Waals surface area contributed by atoms with Gasteiger partial charge in [0.25, 0.3) is 5.91 Å². The lowest BCUT2D eigenvalue weighted by atomic mass is 9.86. The molecule has 38 heavy (non-hydrogen) atoms. The molecule has 206 valence electrons. The van der Waals surface area contributed by atoms with Gasteiger partial charge in [-0.3, -0.25) is 4.79 Å². The van der Waals surface area contributed by atoms with Crippen molar-refractivity contribution in [3.63, 3.8) is 0 Å². The summed E-state index contributed by atoms with van der Waals surface area (Å²) in [5.74, 6) is -0.631. The van der Waals surface area contributed by atoms with Gasteiger partial charge in [0.05, 0.1) is 12.2 Å². The number of amidine groups is 1. The van der Waals surface area contributed by atoms with Crippen LogP contribution in [0.3, 0.4) is 0 Å². The zero-order valence-electron chi connectivity index (χ0n) is 23.2. The summed E-state index contributed by atoms with van der Waals surface area (Å²) >= 11 is 0. The fourth-order valence-electron chi connectivity index (χ4n) is 4.04. The quantitative estimate of drug-likeness (QED) is 0.262. The summed E-state index contributed by atoms with van der Waals surface area (Å²) in [5.41, 5.74) is 5.65. The highest BCUT2D eigenvalue weighted by Crippen LogP contribution is 2.28. The van der Waals surface area contributed by atoms with Crippen molar-refractivity contribution in [3.05, 3.63) is 41.7 Å². The van der Waals surface area contributed by atoms with Crippen LogP contribution in [0.15, 0.2) is 35.5 Å². The number of nitrogens with one attached hydrogen (secondary N) is 1. The van der Waals surface area contributed by atoms with Crippen LogP contribution in [0.1, 0.15) is 71.1 Å². The van der Waals surface area contributed by atoms with Crippen molar-refractivity contribution in [2.45, 2.75) is 79.6 Å². The third-order valence-corrected chi connectivity index (χ3v) is 5.78. The highest BCUT2D eigenvalue weighted by atomic mass is 16.7. The molecule has 1 aromatic carbocycles. The Kier molecular flexibility index (Phi) is 8.48. The standard InChI is InChI=1S/C27H38N6O5/c1-17(28)31-38-24(35)21(26(2,3)4)30-23(34)20-19-16-32(25(36)37-27(5,6)7)14-11-15-33(19)22(29-20)18-12-9-8-10-13-18/h8-10,12-13,21H,11,14-16H2,1-7H3,(H2,28,31)(H,30,34). The molecule has 0 bridgehead atoms. The molecule has 2 amide bonds. The average molecular weight is 527 g/mol. The van der Waals surface area contributed by atoms with Gasteiger partial charge in [0.15, 0.2) is 5.69 Å². The predicted octanol–water partition coefficient (Wildman–Crippen LogP) is 3.67. The molecule has 1 aliphatic rings. The van der Waals surface area contributed by atoms with Crippen molar-refractivity contribution < 1.29 is 24.0 Å². The number of benzene rings is 1. The van der Waals surface area contributed by atoms with Gasteiger partial charge in [-0.2, -0.15) is 0 Å². The van der Waals surface area contributed by atoms with Crippen LogP contribution < -0.4 is 11.1 Å². The third-order valence-electron chi connectivity index (χ3n) is 5.78. The van der Waals surface area contributed by atoms with Crippen LogP contribution in [0.4, 0.5) is 4.79 Å². The summed E-state index contributed by atoms with van der Waals surface area (Å²) in [5, 5.41) is 6.32. The van der Waals surface area contributed by atoms with E-state index in [0.717, 1.165) is 5.56 Å². The minimum Gasteiger partial charge on any atom is -0.444 e. The Balaban J connectivity index is 2.03. The molecule has 1 aromatic heterocycles. The van der Waals surface area contributed by atoms with Gasteiger partial charge in [-0.25, -0.2) is 14.6 Å². The minimum absolute atomic E-state index is 0.0755. The Labute approximate surface area is 223 Å². The molecule has 0 saturated heterocycles. The van der Waals surface area contributed by atoms with Crippen molar-refractivity contribution in [2.24, 2.45) is 16.3 Å². The minimum atomic E-state index is -1.04. The third kappa shape index (κ3) is 7.11. The molecule has 3 rings (SSSR count). The number of rotatable bonds is 5. The van der Waals surface area contributed by atoms with Crippen LogP contribution in [0, 0.1) is 5.41 Å². The molecule has 0 radical (unpaired) electrons. The fourth-order valence-corrected chi connectivity index (χ4v) is 4.04. The van der Waals surface area contributed by atoms with E-state index in [1.165, 1.54) is 6.92 Å². The van der Waals surface area contributed by atoms with Crippen molar-refractivity contribution in [1.29, 1.82) is 0 Å². The Morgan fingerprint density at radius 3 is 2.32 bits per heavy atom. The number of carbonyl (C=O) groups is 3. The molecule has 1 aliphatic heterocycles. The van der Waals surface area contributed by atoms with Crippen molar-refractivity contribution in [3.8, 4) is 11.4 Å². The zero-order chi connectivity index (χ0) is 28.3. The lowest BCUT2D eigenvalue weighted by molar-refractivity contribution is -0.148. The van der Waals surface area contributed by atoms with E-state index in [0.29, 0.717) is 31.0 Å². The van der Waals surface area contributed by atoms with E-state index in [-0.39, 0.29) is 18.1 Å². The van der Waals surface area contributed by atoms with Gasteiger partial charge in [-0.15, -0.1) is 0 Å². The number of imidazole rings is 1. The Morgan fingerprint density at radius 1 is 1.08 bits per heavy atom. The molecule has 11 nitrogen and oxygen atoms in total. The summed E-state index contributed by atoms with van der Waals surface area (Å²) in [6.07, 6.45) is 0.183. The van der Waals surface area contributed by atoms with Crippen LogP contribution in [0.5, 0.6) is 0 Å². The highest BCUT2D eigenvalue weighted by molar-refractivity contribution is 5.97. The van der Waals surface area contributed by atoms with Gasteiger partial charge in [0.1, 0.15) is 23.3 Å². The first-order valence-electron chi connectivity index (χ1n) is 12.6. The normalized spacial score (nSPS) is 15.2. The maximum absolute atomic E-state index is 13.7. The number of amides is 2. The molecule has 1 atom stereocenters. The van der Waals surface area contributed by atoms with Crippen molar-refractivity contribution in [1.82, 2.24) is 19.8 Å². The largest absolute Gasteiger partial charge is 0.444 e. The smallest absolute Gasteiger partial charge is 0.410 e. The number of hydrogen-bond donors (Lipinski definition) is 2. The lowest BCUT2D eigenvalue weighted by Crippen LogP contribution is -2.50. The summed E-state index contributed by atoms with van der Waals surface area (Å²) in [4.78, 5) is 50.7. The molecular formula is C27H38N6O5. The second-order valence-electron chi connectivity index (χ2n) is 11.4. The van der Waals surface area contributed by atoms with Gasteiger partial charge in [-0.1, -0.05) is 56.3 Å². The van der Waals surface area contributed by atoms with E-state index in [4.69, 9.17) is 20.3 Å². The molecular weight excluding hydrogens is 488 g/mol. The summed E-state index contributed by atoms with van der Waals surface area (Å²) < 4.78 is 7.56. The van der Waals surface area contributed by atoms with E-state index in [9.17, 15) is 14.4 Å². The molecule has 11 heteroatoms. The van der Waals surface area contributed by atoms with Gasteiger partial charge >= 0.3 is 12.1 Å². The Morgan fingerprint density at radius 2 is 1.74 bits per heavy atom. The number of carbonyl (C=O) groups excluding carboxylic acids is 3. The summed E-state index contributed by atoms with van der Waals surface area (Å²) in [7, 11) is 0. The number of ether oxygens (including phenoxy) is 1. The van der Waals surface area contributed by atoms with Crippen molar-refractivity contribution >= 4 is 23.8 Å². The average Bonchev–Trinajstić information content (AvgIpc) is 3.02. The molecule has 0 spiro atoms. The van der Waals surface area contributed by atoms with E-state index < -0.39 is 35.0 Å². The summed E-state index contributed by atoms with van der Waals surface area (Å²) in [6.45, 7) is 13.4. The Hall–Kier alpha value is -3.89. The van der Waals surface area contributed by atoms with Crippen molar-refractivity contribution in [2.75, 3.05) is 6.54 Å². The molecule has 2 aromatic rings. The number of fused-ring (bicyclic) bond motifs is 1. The molecule has 2 heterocycles. The van der Waals surface area contributed by atoms with Crippen LogP contribution in [-0.4, -0.2) is 56.4 Å². The molecule has 3 N–H and O–H groups in total. The topological polar surface area (TPSA) is 141 Å².